The van der Waals surface area contributed by atoms with Crippen molar-refractivity contribution in [1.29, 1.82) is 5.41 Å². The zero-order valence-electron chi connectivity index (χ0n) is 19.1. The number of nitrogens with zero attached hydrogens (tertiary/aromatic N) is 3. The quantitative estimate of drug-likeness (QED) is 0.320. The Balaban J connectivity index is 1.75. The van der Waals surface area contributed by atoms with Crippen LogP contribution in [0.2, 0.25) is 0 Å². The Bertz CT molecular complexity index is 1480. The third-order valence-corrected chi connectivity index (χ3v) is 5.68. The minimum Gasteiger partial charge on any atom is -0.505 e. The fourth-order valence-electron chi connectivity index (χ4n) is 4.07. The van der Waals surface area contributed by atoms with Gasteiger partial charge in [0, 0.05) is 17.3 Å². The maximum Gasteiger partial charge on any atom is 0.259 e. The van der Waals surface area contributed by atoms with E-state index in [2.05, 4.69) is 15.3 Å². The van der Waals surface area contributed by atoms with Gasteiger partial charge in [0.15, 0.2) is 11.6 Å². The first-order valence-corrected chi connectivity index (χ1v) is 10.7. The van der Waals surface area contributed by atoms with Crippen molar-refractivity contribution >= 4 is 28.1 Å². The number of nitrogen functional groups attached to an aromatic ring is 1. The first-order chi connectivity index (χ1) is 16.2. The molecule has 0 saturated carbocycles. The molecule has 9 heteroatoms. The number of fused-ring (bicyclic) bond motifs is 1. The lowest BCUT2D eigenvalue weighted by atomic mass is 10.0. The SMILES string of the molecule is Cc1cccc2cc(CNc3ncnc(N)c3C(=N)c3ccc(F)c(O)c3)n(C(C)C)c(=O)c12. The van der Waals surface area contributed by atoms with Gasteiger partial charge >= 0.3 is 0 Å². The number of hydrogen-bond acceptors (Lipinski definition) is 7. The molecule has 0 unspecified atom stereocenters. The van der Waals surface area contributed by atoms with Gasteiger partial charge in [-0.25, -0.2) is 14.4 Å². The first-order valence-electron chi connectivity index (χ1n) is 10.7. The van der Waals surface area contributed by atoms with Gasteiger partial charge in [-0.2, -0.15) is 0 Å². The lowest BCUT2D eigenvalue weighted by Gasteiger charge is -2.20. The number of aromatic nitrogens is 3. The molecular weight excluding hydrogens is 435 g/mol. The molecule has 8 nitrogen and oxygen atoms in total. The Morgan fingerprint density at radius 3 is 2.71 bits per heavy atom. The van der Waals surface area contributed by atoms with Crippen molar-refractivity contribution in [2.75, 3.05) is 11.1 Å². The van der Waals surface area contributed by atoms with Crippen LogP contribution in [0, 0.1) is 18.2 Å². The van der Waals surface area contributed by atoms with Crippen LogP contribution in [-0.2, 0) is 6.54 Å². The maximum atomic E-state index is 13.5. The van der Waals surface area contributed by atoms with Crippen molar-refractivity contribution < 1.29 is 9.50 Å². The van der Waals surface area contributed by atoms with Crippen LogP contribution >= 0.6 is 0 Å². The zero-order valence-corrected chi connectivity index (χ0v) is 19.1. The van der Waals surface area contributed by atoms with E-state index >= 15 is 0 Å². The van der Waals surface area contributed by atoms with E-state index in [0.717, 1.165) is 28.8 Å². The largest absolute Gasteiger partial charge is 0.505 e. The van der Waals surface area contributed by atoms with Gasteiger partial charge in [0.05, 0.1) is 23.2 Å². The Labute approximate surface area is 195 Å². The van der Waals surface area contributed by atoms with E-state index in [1.54, 1.807) is 4.57 Å². The number of phenolic OH excluding ortho intramolecular Hbond substituents is 1. The first kappa shape index (κ1) is 22.9. The third kappa shape index (κ3) is 4.07. The molecule has 0 aliphatic heterocycles. The van der Waals surface area contributed by atoms with E-state index in [9.17, 15) is 14.3 Å². The van der Waals surface area contributed by atoms with Gasteiger partial charge in [0.25, 0.3) is 5.56 Å². The minimum absolute atomic E-state index is 0.0571. The summed E-state index contributed by atoms with van der Waals surface area (Å²) in [5, 5.41) is 23.0. The summed E-state index contributed by atoms with van der Waals surface area (Å²) in [7, 11) is 0. The van der Waals surface area contributed by atoms with Gasteiger partial charge < -0.3 is 20.7 Å². The molecule has 174 valence electrons. The standard InChI is InChI=1S/C25H25FN6O2/c1-13(2)32-17(9-15-6-4-5-14(3)20(15)25(32)34)11-29-24-21(23(28)30-12-31-24)22(27)16-7-8-18(26)19(33)10-16/h4-10,12-13,27,33H,11H2,1-3H3,(H3,28,29,30,31). The lowest BCUT2D eigenvalue weighted by Crippen LogP contribution is -2.27. The summed E-state index contributed by atoms with van der Waals surface area (Å²) in [4.78, 5) is 21.5. The number of nitrogens with two attached hydrogens (primary N) is 1. The van der Waals surface area contributed by atoms with Crippen LogP contribution in [0.3, 0.4) is 0 Å². The summed E-state index contributed by atoms with van der Waals surface area (Å²) in [5.74, 6) is -1.01. The third-order valence-electron chi connectivity index (χ3n) is 5.68. The molecule has 0 fully saturated rings. The molecule has 0 spiro atoms. The number of halogens is 1. The van der Waals surface area contributed by atoms with Crippen LogP contribution in [0.4, 0.5) is 16.0 Å². The topological polar surface area (TPSA) is 130 Å². The minimum atomic E-state index is -0.787. The van der Waals surface area contributed by atoms with Crippen LogP contribution in [-0.4, -0.2) is 25.4 Å². The van der Waals surface area contributed by atoms with Crippen molar-refractivity contribution in [2.45, 2.75) is 33.4 Å². The van der Waals surface area contributed by atoms with Gasteiger partial charge in [0.1, 0.15) is 18.0 Å². The van der Waals surface area contributed by atoms with Crippen molar-refractivity contribution in [3.63, 3.8) is 0 Å². The highest BCUT2D eigenvalue weighted by Gasteiger charge is 2.19. The summed E-state index contributed by atoms with van der Waals surface area (Å²) in [5.41, 5.74) is 8.04. The van der Waals surface area contributed by atoms with Crippen molar-refractivity contribution in [2.24, 2.45) is 0 Å². The fraction of sp³-hybridized carbons (Fsp3) is 0.200. The van der Waals surface area contributed by atoms with Crippen LogP contribution in [0.15, 0.2) is 53.6 Å². The number of phenols is 1. The molecule has 0 amide bonds. The molecule has 0 radical (unpaired) electrons. The molecule has 2 aromatic heterocycles. The molecular formula is C25H25FN6O2. The van der Waals surface area contributed by atoms with Gasteiger partial charge in [-0.05, 0) is 56.0 Å². The number of anilines is 2. The molecule has 0 aliphatic rings. The lowest BCUT2D eigenvalue weighted by molar-refractivity contribution is 0.432. The smallest absolute Gasteiger partial charge is 0.259 e. The second kappa shape index (κ2) is 8.93. The molecule has 2 aromatic carbocycles. The number of nitrogens with one attached hydrogen (secondary N) is 2. The molecule has 2 heterocycles. The van der Waals surface area contributed by atoms with Crippen LogP contribution < -0.4 is 16.6 Å². The van der Waals surface area contributed by atoms with E-state index in [1.807, 2.05) is 45.0 Å². The second-order valence-electron chi connectivity index (χ2n) is 8.32. The Morgan fingerprint density at radius 1 is 1.24 bits per heavy atom. The Kier molecular flexibility index (Phi) is 6.02. The van der Waals surface area contributed by atoms with Gasteiger partial charge in [-0.15, -0.1) is 0 Å². The van der Waals surface area contributed by atoms with Gasteiger partial charge in [-0.1, -0.05) is 18.2 Å². The van der Waals surface area contributed by atoms with Crippen LogP contribution in [0.5, 0.6) is 5.75 Å². The van der Waals surface area contributed by atoms with E-state index in [-0.39, 0.29) is 46.6 Å². The number of aryl methyl sites for hydroxylation is 1. The van der Waals surface area contributed by atoms with E-state index in [1.165, 1.54) is 12.4 Å². The Hall–Kier alpha value is -4.27. The van der Waals surface area contributed by atoms with Crippen LogP contribution in [0.1, 0.15) is 42.3 Å². The monoisotopic (exact) mass is 460 g/mol. The predicted molar refractivity (Wildman–Crippen MR) is 131 cm³/mol. The Morgan fingerprint density at radius 2 is 2.00 bits per heavy atom. The molecule has 0 bridgehead atoms. The number of benzene rings is 2. The van der Waals surface area contributed by atoms with Gasteiger partial charge in [-0.3, -0.25) is 10.2 Å². The molecule has 34 heavy (non-hydrogen) atoms. The normalized spacial score (nSPS) is 11.2. The van der Waals surface area contributed by atoms with Crippen molar-refractivity contribution in [3.05, 3.63) is 87.3 Å². The fourth-order valence-corrected chi connectivity index (χ4v) is 4.07. The predicted octanol–water partition coefficient (Wildman–Crippen LogP) is 4.14. The van der Waals surface area contributed by atoms with Crippen molar-refractivity contribution in [1.82, 2.24) is 14.5 Å². The summed E-state index contributed by atoms with van der Waals surface area (Å²) in [6.07, 6.45) is 1.27. The highest BCUT2D eigenvalue weighted by Crippen LogP contribution is 2.26. The van der Waals surface area contributed by atoms with E-state index in [4.69, 9.17) is 11.1 Å². The summed E-state index contributed by atoms with van der Waals surface area (Å²) < 4.78 is 15.2. The van der Waals surface area contributed by atoms with Gasteiger partial charge in [0.2, 0.25) is 0 Å². The molecule has 0 saturated heterocycles. The number of aromatic hydroxyl groups is 1. The second-order valence-corrected chi connectivity index (χ2v) is 8.32. The zero-order chi connectivity index (χ0) is 24.6. The average molecular weight is 461 g/mol. The number of rotatable bonds is 6. The summed E-state index contributed by atoms with van der Waals surface area (Å²) >= 11 is 0. The molecule has 5 N–H and O–H groups in total. The summed E-state index contributed by atoms with van der Waals surface area (Å²) in [6, 6.07) is 11.2. The molecule has 0 atom stereocenters. The van der Waals surface area contributed by atoms with Crippen LogP contribution in [0.25, 0.3) is 10.8 Å². The summed E-state index contributed by atoms with van der Waals surface area (Å²) in [6.45, 7) is 6.05. The average Bonchev–Trinajstić information content (AvgIpc) is 2.78. The molecule has 4 aromatic rings. The van der Waals surface area contributed by atoms with Crippen molar-refractivity contribution in [3.8, 4) is 5.75 Å². The molecule has 0 aliphatic carbocycles. The number of pyridine rings is 1. The molecule has 4 rings (SSSR count). The van der Waals surface area contributed by atoms with E-state index < -0.39 is 11.6 Å². The van der Waals surface area contributed by atoms with E-state index in [0.29, 0.717) is 5.39 Å². The highest BCUT2D eigenvalue weighted by molar-refractivity contribution is 6.16. The number of hydrogen-bond donors (Lipinski definition) is 4. The maximum absolute atomic E-state index is 13.5. The highest BCUT2D eigenvalue weighted by atomic mass is 19.1.